The lowest BCUT2D eigenvalue weighted by atomic mass is 10.2. The lowest BCUT2D eigenvalue weighted by Gasteiger charge is -2.28. The Morgan fingerprint density at radius 3 is 2.75 bits per heavy atom. The first-order valence-corrected chi connectivity index (χ1v) is 13.9. The van der Waals surface area contributed by atoms with E-state index in [4.69, 9.17) is 21.3 Å². The highest BCUT2D eigenvalue weighted by molar-refractivity contribution is 7.89. The van der Waals surface area contributed by atoms with Crippen molar-refractivity contribution in [3.63, 3.8) is 0 Å². The van der Waals surface area contributed by atoms with Crippen LogP contribution in [0.25, 0.3) is 10.2 Å². The fraction of sp³-hybridized carbons (Fsp3) is 0.240. The SMILES string of the molecule is COc1ccc2sc(N(Cc3cccnc3)C(=O)C3CCCN3S(=O)(=O)c3ccc(Cl)cc3)nc2c1. The molecule has 1 fully saturated rings. The Hall–Kier alpha value is -3.05. The Bertz CT molecular complexity index is 1490. The minimum atomic E-state index is -3.89. The third kappa shape index (κ3) is 4.81. The Balaban J connectivity index is 1.52. The molecule has 1 aliphatic rings. The van der Waals surface area contributed by atoms with Gasteiger partial charge in [0.05, 0.1) is 28.8 Å². The predicted molar refractivity (Wildman–Crippen MR) is 140 cm³/mol. The number of thiazole rings is 1. The number of anilines is 1. The van der Waals surface area contributed by atoms with E-state index in [1.165, 1.54) is 39.9 Å². The summed E-state index contributed by atoms with van der Waals surface area (Å²) in [6, 6.07) is 14.4. The molecule has 186 valence electrons. The molecule has 11 heteroatoms. The molecule has 0 radical (unpaired) electrons. The van der Waals surface area contributed by atoms with E-state index in [2.05, 4.69) is 4.98 Å². The zero-order chi connectivity index (χ0) is 25.3. The van der Waals surface area contributed by atoms with Gasteiger partial charge in [0.15, 0.2) is 5.13 Å². The van der Waals surface area contributed by atoms with E-state index in [0.29, 0.717) is 34.3 Å². The van der Waals surface area contributed by atoms with Gasteiger partial charge >= 0.3 is 0 Å². The Morgan fingerprint density at radius 1 is 1.22 bits per heavy atom. The van der Waals surface area contributed by atoms with Gasteiger partial charge in [-0.25, -0.2) is 13.4 Å². The van der Waals surface area contributed by atoms with Gasteiger partial charge in [-0.05, 0) is 60.9 Å². The van der Waals surface area contributed by atoms with Crippen molar-refractivity contribution in [2.45, 2.75) is 30.3 Å². The molecule has 8 nitrogen and oxygen atoms in total. The molecule has 0 N–H and O–H groups in total. The molecule has 1 amide bonds. The van der Waals surface area contributed by atoms with Crippen LogP contribution >= 0.6 is 22.9 Å². The van der Waals surface area contributed by atoms with Gasteiger partial charge in [0.1, 0.15) is 11.8 Å². The summed E-state index contributed by atoms with van der Waals surface area (Å²) in [6.07, 6.45) is 4.36. The van der Waals surface area contributed by atoms with E-state index in [1.807, 2.05) is 24.3 Å². The molecule has 0 saturated carbocycles. The summed E-state index contributed by atoms with van der Waals surface area (Å²) in [5.74, 6) is 0.348. The molecule has 0 bridgehead atoms. The zero-order valence-corrected chi connectivity index (χ0v) is 21.8. The Kier molecular flexibility index (Phi) is 6.94. The predicted octanol–water partition coefficient (Wildman–Crippen LogP) is 4.74. The van der Waals surface area contributed by atoms with Gasteiger partial charge < -0.3 is 4.74 Å². The number of benzene rings is 2. The number of carbonyl (C=O) groups excluding carboxylic acids is 1. The number of carbonyl (C=O) groups is 1. The molecule has 36 heavy (non-hydrogen) atoms. The number of methoxy groups -OCH3 is 1. The molecule has 0 aliphatic carbocycles. The highest BCUT2D eigenvalue weighted by atomic mass is 35.5. The molecule has 1 aliphatic heterocycles. The van der Waals surface area contributed by atoms with E-state index >= 15 is 0 Å². The third-order valence-corrected chi connectivity index (χ3v) is 9.29. The molecule has 2 aromatic carbocycles. The highest BCUT2D eigenvalue weighted by Gasteiger charge is 2.42. The number of amides is 1. The number of fused-ring (bicyclic) bond motifs is 1. The van der Waals surface area contributed by atoms with E-state index in [-0.39, 0.29) is 23.9 Å². The van der Waals surface area contributed by atoms with Crippen molar-refractivity contribution in [2.75, 3.05) is 18.6 Å². The van der Waals surface area contributed by atoms with Gasteiger partial charge in [-0.2, -0.15) is 4.31 Å². The van der Waals surface area contributed by atoms with Crippen LogP contribution in [0.5, 0.6) is 5.75 Å². The summed E-state index contributed by atoms with van der Waals surface area (Å²) in [6.45, 7) is 0.480. The van der Waals surface area contributed by atoms with Gasteiger partial charge in [0, 0.05) is 30.0 Å². The quantitative estimate of drug-likeness (QED) is 0.335. The minimum absolute atomic E-state index is 0.109. The fourth-order valence-corrected chi connectivity index (χ4v) is 6.98. The zero-order valence-electron chi connectivity index (χ0n) is 19.4. The Labute approximate surface area is 218 Å². The molecule has 4 aromatic rings. The largest absolute Gasteiger partial charge is 0.497 e. The summed E-state index contributed by atoms with van der Waals surface area (Å²) >= 11 is 7.32. The van der Waals surface area contributed by atoms with E-state index in [0.717, 1.165) is 10.3 Å². The van der Waals surface area contributed by atoms with Crippen molar-refractivity contribution >= 4 is 54.2 Å². The number of halogens is 1. The number of sulfonamides is 1. The molecule has 1 atom stereocenters. The van der Waals surface area contributed by atoms with Crippen LogP contribution < -0.4 is 9.64 Å². The van der Waals surface area contributed by atoms with Crippen LogP contribution in [0.4, 0.5) is 5.13 Å². The van der Waals surface area contributed by atoms with Gasteiger partial charge in [-0.1, -0.05) is 29.0 Å². The lowest BCUT2D eigenvalue weighted by molar-refractivity contribution is -0.121. The molecule has 2 aromatic heterocycles. The number of pyridine rings is 1. The summed E-state index contributed by atoms with van der Waals surface area (Å²) in [7, 11) is -2.30. The number of rotatable bonds is 7. The second kappa shape index (κ2) is 10.1. The van der Waals surface area contributed by atoms with Crippen LogP contribution in [0.2, 0.25) is 5.02 Å². The molecular formula is C25H23ClN4O4S2. The molecule has 0 spiro atoms. The highest BCUT2D eigenvalue weighted by Crippen LogP contribution is 2.35. The van der Waals surface area contributed by atoms with Crippen LogP contribution in [-0.4, -0.2) is 48.3 Å². The van der Waals surface area contributed by atoms with E-state index in [1.54, 1.807) is 30.5 Å². The Morgan fingerprint density at radius 2 is 2.03 bits per heavy atom. The maximum absolute atomic E-state index is 14.0. The van der Waals surface area contributed by atoms with Crippen LogP contribution in [0.15, 0.2) is 71.9 Å². The fourth-order valence-electron chi connectivity index (χ4n) is 4.25. The normalized spacial score (nSPS) is 16.3. The van der Waals surface area contributed by atoms with Crippen LogP contribution in [-0.2, 0) is 21.4 Å². The molecule has 5 rings (SSSR count). The number of hydrogen-bond acceptors (Lipinski definition) is 7. The maximum atomic E-state index is 14.0. The van der Waals surface area contributed by atoms with Crippen molar-refractivity contribution in [1.29, 1.82) is 0 Å². The van der Waals surface area contributed by atoms with Crippen molar-refractivity contribution in [2.24, 2.45) is 0 Å². The van der Waals surface area contributed by atoms with Crippen molar-refractivity contribution in [1.82, 2.24) is 14.3 Å². The van der Waals surface area contributed by atoms with Crippen molar-refractivity contribution in [3.8, 4) is 5.75 Å². The average molecular weight is 543 g/mol. The number of ether oxygens (including phenoxy) is 1. The summed E-state index contributed by atoms with van der Waals surface area (Å²) in [4.78, 5) is 24.6. The van der Waals surface area contributed by atoms with Gasteiger partial charge in [-0.15, -0.1) is 0 Å². The molecular weight excluding hydrogens is 520 g/mol. The van der Waals surface area contributed by atoms with Crippen LogP contribution in [0.1, 0.15) is 18.4 Å². The average Bonchev–Trinajstić information content (AvgIpc) is 3.55. The van der Waals surface area contributed by atoms with Gasteiger partial charge in [-0.3, -0.25) is 14.7 Å². The van der Waals surface area contributed by atoms with Gasteiger partial charge in [0.25, 0.3) is 0 Å². The van der Waals surface area contributed by atoms with E-state index in [9.17, 15) is 13.2 Å². The topological polar surface area (TPSA) is 92.7 Å². The van der Waals surface area contributed by atoms with Crippen molar-refractivity contribution < 1.29 is 17.9 Å². The minimum Gasteiger partial charge on any atom is -0.497 e. The maximum Gasteiger partial charge on any atom is 0.247 e. The number of hydrogen-bond donors (Lipinski definition) is 0. The number of aromatic nitrogens is 2. The van der Waals surface area contributed by atoms with E-state index < -0.39 is 16.1 Å². The standard InChI is InChI=1S/C25H23ClN4O4S2/c1-34-19-8-11-23-21(14-19)28-25(35-23)29(16-17-4-2-12-27-15-17)24(31)22-5-3-13-30(22)36(32,33)20-9-6-18(26)7-10-20/h2,4,6-12,14-15,22H,3,5,13,16H2,1H3. The third-order valence-electron chi connectivity index (χ3n) is 6.05. The monoisotopic (exact) mass is 542 g/mol. The molecule has 3 heterocycles. The van der Waals surface area contributed by atoms with Gasteiger partial charge in [0.2, 0.25) is 15.9 Å². The summed E-state index contributed by atoms with van der Waals surface area (Å²) in [5, 5.41) is 0.931. The second-order valence-corrected chi connectivity index (χ2v) is 11.7. The first kappa shape index (κ1) is 24.6. The summed E-state index contributed by atoms with van der Waals surface area (Å²) < 4.78 is 34.4. The lowest BCUT2D eigenvalue weighted by Crippen LogP contribution is -2.47. The summed E-state index contributed by atoms with van der Waals surface area (Å²) in [5.41, 5.74) is 1.52. The smallest absolute Gasteiger partial charge is 0.247 e. The van der Waals surface area contributed by atoms with Crippen LogP contribution in [0.3, 0.4) is 0 Å². The van der Waals surface area contributed by atoms with Crippen LogP contribution in [0, 0.1) is 0 Å². The molecule has 1 unspecified atom stereocenters. The number of nitrogens with zero attached hydrogens (tertiary/aromatic N) is 4. The molecule has 1 saturated heterocycles. The van der Waals surface area contributed by atoms with Crippen molar-refractivity contribution in [3.05, 3.63) is 77.6 Å². The second-order valence-electron chi connectivity index (χ2n) is 8.34. The first-order valence-electron chi connectivity index (χ1n) is 11.3. The first-order chi connectivity index (χ1) is 17.4.